The van der Waals surface area contributed by atoms with E-state index in [-0.39, 0.29) is 5.56 Å². The predicted octanol–water partition coefficient (Wildman–Crippen LogP) is 2.54. The van der Waals surface area contributed by atoms with Crippen molar-refractivity contribution in [2.24, 2.45) is 0 Å². The van der Waals surface area contributed by atoms with Crippen molar-refractivity contribution < 1.29 is 4.52 Å². The molecule has 0 fully saturated rings. The number of H-pyrrole nitrogens is 1. The number of aryl methyl sites for hydroxylation is 4. The van der Waals surface area contributed by atoms with Crippen LogP contribution in [0.1, 0.15) is 43.5 Å². The summed E-state index contributed by atoms with van der Waals surface area (Å²) in [5.74, 6) is 2.32. The van der Waals surface area contributed by atoms with E-state index in [4.69, 9.17) is 9.51 Å². The molecule has 0 spiro atoms. The number of nitrogens with zero attached hydrogens (tertiary/aromatic N) is 6. The van der Waals surface area contributed by atoms with Crippen LogP contribution in [-0.4, -0.2) is 34.3 Å². The van der Waals surface area contributed by atoms with Crippen molar-refractivity contribution >= 4 is 16.9 Å². The summed E-state index contributed by atoms with van der Waals surface area (Å²) in [6.45, 7) is 8.33. The molecule has 0 atom stereocenters. The van der Waals surface area contributed by atoms with Gasteiger partial charge in [-0.2, -0.15) is 0 Å². The molecule has 0 aliphatic heterocycles. The number of aromatic amines is 1. The van der Waals surface area contributed by atoms with E-state index >= 15 is 0 Å². The number of hydrogen-bond donors (Lipinski definition) is 1. The Morgan fingerprint density at radius 3 is 2.65 bits per heavy atom. The third-order valence-electron chi connectivity index (χ3n) is 4.66. The first-order valence-electron chi connectivity index (χ1n) is 8.80. The highest BCUT2D eigenvalue weighted by Crippen LogP contribution is 2.26. The van der Waals surface area contributed by atoms with Gasteiger partial charge in [-0.3, -0.25) is 9.36 Å². The molecule has 4 aromatic rings. The number of rotatable bonds is 5. The number of nitrogens with one attached hydrogen (secondary N) is 1. The predicted molar refractivity (Wildman–Crippen MR) is 96.1 cm³/mol. The lowest BCUT2D eigenvalue weighted by Crippen LogP contribution is -2.20. The zero-order valence-electron chi connectivity index (χ0n) is 15.3. The van der Waals surface area contributed by atoms with Gasteiger partial charge in [-0.1, -0.05) is 24.9 Å². The van der Waals surface area contributed by atoms with Gasteiger partial charge in [0.25, 0.3) is 5.56 Å². The lowest BCUT2D eigenvalue weighted by molar-refractivity contribution is 0.393. The number of aromatic nitrogens is 7. The average Bonchev–Trinajstić information content (AvgIpc) is 3.29. The normalized spacial score (nSPS) is 11.8. The highest BCUT2D eigenvalue weighted by Gasteiger charge is 2.21. The van der Waals surface area contributed by atoms with Crippen molar-refractivity contribution in [1.82, 2.24) is 34.3 Å². The van der Waals surface area contributed by atoms with E-state index in [0.717, 1.165) is 37.1 Å². The Bertz CT molecular complexity index is 1140. The van der Waals surface area contributed by atoms with Crippen LogP contribution in [0.4, 0.5) is 0 Å². The fourth-order valence-electron chi connectivity index (χ4n) is 3.34. The summed E-state index contributed by atoms with van der Waals surface area (Å²) >= 11 is 0. The maximum Gasteiger partial charge on any atom is 0.286 e. The molecular formula is C17H21N7O2. The Balaban J connectivity index is 2.01. The molecule has 9 heteroatoms. The van der Waals surface area contributed by atoms with Gasteiger partial charge >= 0.3 is 0 Å². The molecule has 4 aromatic heterocycles. The second-order valence-electron chi connectivity index (χ2n) is 6.53. The quantitative estimate of drug-likeness (QED) is 0.551. The summed E-state index contributed by atoms with van der Waals surface area (Å²) in [4.78, 5) is 20.8. The van der Waals surface area contributed by atoms with Gasteiger partial charge in [-0.05, 0) is 27.2 Å². The fourth-order valence-corrected chi connectivity index (χ4v) is 3.34. The summed E-state index contributed by atoms with van der Waals surface area (Å²) in [6.07, 6.45) is 3.17. The van der Waals surface area contributed by atoms with Crippen LogP contribution in [0, 0.1) is 20.8 Å². The molecule has 0 aliphatic rings. The van der Waals surface area contributed by atoms with Gasteiger partial charge in [0.15, 0.2) is 11.2 Å². The number of hydrogen-bond acceptors (Lipinski definition) is 6. The minimum absolute atomic E-state index is 0.199. The summed E-state index contributed by atoms with van der Waals surface area (Å²) < 4.78 is 8.74. The number of fused-ring (bicyclic) bond motifs is 2. The van der Waals surface area contributed by atoms with Gasteiger partial charge in [0.1, 0.15) is 17.4 Å². The van der Waals surface area contributed by atoms with E-state index in [2.05, 4.69) is 27.3 Å². The molecule has 0 aromatic carbocycles. The van der Waals surface area contributed by atoms with Crippen LogP contribution >= 0.6 is 0 Å². The molecule has 0 saturated heterocycles. The molecule has 4 heterocycles. The standard InChI is InChI=1S/C17H21N7O2/c1-5-6-7-8-23-15-13(16(25)24-11(4)20-21-17(23)24)18-14(19-15)12-9(2)22-26-10(12)3/h5-8H2,1-4H3,(H,18,19). The minimum atomic E-state index is -0.199. The van der Waals surface area contributed by atoms with E-state index in [1.165, 1.54) is 4.40 Å². The molecule has 9 nitrogen and oxygen atoms in total. The molecular weight excluding hydrogens is 334 g/mol. The largest absolute Gasteiger partial charge is 0.361 e. The topological polar surface area (TPSA) is 107 Å². The lowest BCUT2D eigenvalue weighted by atomic mass is 10.2. The molecule has 0 radical (unpaired) electrons. The molecule has 0 saturated carbocycles. The lowest BCUT2D eigenvalue weighted by Gasteiger charge is -2.08. The zero-order chi connectivity index (χ0) is 18.4. The molecule has 4 rings (SSSR count). The molecule has 1 N–H and O–H groups in total. The van der Waals surface area contributed by atoms with Gasteiger partial charge in [-0.25, -0.2) is 9.38 Å². The SMILES string of the molecule is CCCCCn1c2nc(-c3c(C)noc3C)[nH]c2c(=O)n2c(C)nnc12. The van der Waals surface area contributed by atoms with Gasteiger partial charge in [-0.15, -0.1) is 10.2 Å². The van der Waals surface area contributed by atoms with Crippen molar-refractivity contribution in [3.63, 3.8) is 0 Å². The monoisotopic (exact) mass is 355 g/mol. The van der Waals surface area contributed by atoms with Crippen LogP contribution in [0.25, 0.3) is 28.3 Å². The highest BCUT2D eigenvalue weighted by molar-refractivity contribution is 5.78. The third kappa shape index (κ3) is 2.34. The molecule has 0 amide bonds. The van der Waals surface area contributed by atoms with Crippen LogP contribution in [0.3, 0.4) is 0 Å². The van der Waals surface area contributed by atoms with Crippen LogP contribution in [0.2, 0.25) is 0 Å². The van der Waals surface area contributed by atoms with Crippen LogP contribution in [0.15, 0.2) is 9.32 Å². The summed E-state index contributed by atoms with van der Waals surface area (Å²) in [5.41, 5.74) is 2.34. The maximum atomic E-state index is 13.0. The fraction of sp³-hybridized carbons (Fsp3) is 0.471. The Morgan fingerprint density at radius 2 is 1.96 bits per heavy atom. The van der Waals surface area contributed by atoms with Crippen molar-refractivity contribution in [2.75, 3.05) is 0 Å². The smallest absolute Gasteiger partial charge is 0.286 e. The molecule has 136 valence electrons. The summed E-state index contributed by atoms with van der Waals surface area (Å²) in [5, 5.41) is 12.3. The number of imidazole rings is 1. The second-order valence-corrected chi connectivity index (χ2v) is 6.53. The first-order chi connectivity index (χ1) is 12.5. The Labute approximate surface area is 149 Å². The van der Waals surface area contributed by atoms with Crippen molar-refractivity contribution in [3.8, 4) is 11.4 Å². The van der Waals surface area contributed by atoms with Gasteiger partial charge < -0.3 is 9.51 Å². The van der Waals surface area contributed by atoms with Crippen LogP contribution in [-0.2, 0) is 6.54 Å². The average molecular weight is 355 g/mol. The van der Waals surface area contributed by atoms with E-state index in [9.17, 15) is 4.79 Å². The molecule has 0 aliphatic carbocycles. The number of unbranched alkanes of at least 4 members (excludes halogenated alkanes) is 2. The Hall–Kier alpha value is -2.97. The van der Waals surface area contributed by atoms with Crippen molar-refractivity contribution in [1.29, 1.82) is 0 Å². The van der Waals surface area contributed by atoms with Crippen LogP contribution in [0.5, 0.6) is 0 Å². The van der Waals surface area contributed by atoms with E-state index in [0.29, 0.717) is 34.4 Å². The second kappa shape index (κ2) is 6.08. The van der Waals surface area contributed by atoms with Crippen LogP contribution < -0.4 is 5.56 Å². The Morgan fingerprint density at radius 1 is 1.15 bits per heavy atom. The summed E-state index contributed by atoms with van der Waals surface area (Å²) in [7, 11) is 0. The third-order valence-corrected chi connectivity index (χ3v) is 4.66. The Kier molecular flexibility index (Phi) is 3.86. The molecule has 0 unspecified atom stereocenters. The summed E-state index contributed by atoms with van der Waals surface area (Å²) in [6, 6.07) is 0. The zero-order valence-corrected chi connectivity index (χ0v) is 15.3. The van der Waals surface area contributed by atoms with E-state index in [1.807, 2.05) is 18.4 Å². The van der Waals surface area contributed by atoms with Gasteiger partial charge in [0.05, 0.1) is 11.3 Å². The molecule has 26 heavy (non-hydrogen) atoms. The maximum absolute atomic E-state index is 13.0. The first-order valence-corrected chi connectivity index (χ1v) is 8.80. The molecule has 0 bridgehead atoms. The minimum Gasteiger partial charge on any atom is -0.361 e. The van der Waals surface area contributed by atoms with E-state index in [1.54, 1.807) is 6.92 Å². The van der Waals surface area contributed by atoms with E-state index < -0.39 is 0 Å². The van der Waals surface area contributed by atoms with Gasteiger partial charge in [0, 0.05) is 6.54 Å². The van der Waals surface area contributed by atoms with Gasteiger partial charge in [0.2, 0.25) is 5.78 Å². The first kappa shape index (κ1) is 16.5. The van der Waals surface area contributed by atoms with Crippen molar-refractivity contribution in [3.05, 3.63) is 27.6 Å². The highest BCUT2D eigenvalue weighted by atomic mass is 16.5. The van der Waals surface area contributed by atoms with Crippen molar-refractivity contribution in [2.45, 2.75) is 53.5 Å².